The average molecular weight is 607 g/mol. The van der Waals surface area contributed by atoms with Gasteiger partial charge in [0.05, 0.1) is 18.7 Å². The molecule has 4 rings (SSSR count). The number of rotatable bonds is 10. The number of nitrogens with one attached hydrogen (secondary N) is 1. The number of tetrazole rings is 1. The van der Waals surface area contributed by atoms with E-state index in [9.17, 15) is 19.5 Å². The molecule has 0 unspecified atom stereocenters. The van der Waals surface area contributed by atoms with E-state index >= 15 is 0 Å². The Morgan fingerprint density at radius 2 is 2.17 bits per heavy atom. The first-order valence-electron chi connectivity index (χ1n) is 10.2. The quantitative estimate of drug-likeness (QED) is 0.243. The fraction of sp³-hybridized carbons (Fsp3) is 0.500. The van der Waals surface area contributed by atoms with E-state index in [1.807, 2.05) is 19.0 Å². The minimum Gasteiger partial charge on any atom is -0.477 e. The number of carboxylic acid groups (broad SMARTS) is 1. The lowest BCUT2D eigenvalue weighted by Crippen LogP contribution is -2.70. The normalized spacial score (nSPS) is 19.3. The van der Waals surface area contributed by atoms with Crippen molar-refractivity contribution in [3.63, 3.8) is 0 Å². The maximum absolute atomic E-state index is 12.8. The van der Waals surface area contributed by atoms with Crippen molar-refractivity contribution >= 4 is 74.8 Å². The second kappa shape index (κ2) is 11.7. The number of aromatic nitrogens is 5. The summed E-state index contributed by atoms with van der Waals surface area (Å²) in [6, 6.07) is -0.782. The van der Waals surface area contributed by atoms with E-state index in [1.54, 1.807) is 10.1 Å². The summed E-state index contributed by atoms with van der Waals surface area (Å²) in [4.78, 5) is 44.5. The third-order valence-corrected chi connectivity index (χ3v) is 8.22. The molecule has 0 radical (unpaired) electrons. The third-order valence-electron chi connectivity index (χ3n) is 5.11. The Labute approximate surface area is 223 Å². The molecule has 0 aliphatic carbocycles. The monoisotopic (exact) mass is 605 g/mol. The summed E-state index contributed by atoms with van der Waals surface area (Å²) >= 11 is 3.98. The molecule has 2 atom stereocenters. The van der Waals surface area contributed by atoms with Crippen LogP contribution in [0.25, 0.3) is 0 Å². The zero-order valence-electron chi connectivity index (χ0n) is 18.8. The first kappa shape index (κ1) is 27.4. The van der Waals surface area contributed by atoms with Gasteiger partial charge in [-0.25, -0.2) is 14.5 Å². The molecule has 0 bridgehead atoms. The Kier molecular flexibility index (Phi) is 9.14. The topological polar surface area (TPSA) is 172 Å². The van der Waals surface area contributed by atoms with E-state index in [4.69, 9.17) is 5.73 Å². The second-order valence-corrected chi connectivity index (χ2v) is 10.8. The SMILES string of the molecule is Br.CN(C)CCn1nnnc1SCC1=C(C(=O)O)N2C(=O)[C@@H](NC(=O)Cc3csc(N)n3)[C@H]2SC1. The number of halogens is 1. The molecule has 2 aliphatic heterocycles. The number of carbonyl (C=O) groups excluding carboxylic acids is 2. The van der Waals surface area contributed by atoms with Crippen molar-refractivity contribution in [2.24, 2.45) is 0 Å². The lowest BCUT2D eigenvalue weighted by atomic mass is 10.0. The molecule has 0 aromatic carbocycles. The Balaban J connectivity index is 0.00000342. The maximum atomic E-state index is 12.8. The van der Waals surface area contributed by atoms with Crippen LogP contribution in [0.1, 0.15) is 5.69 Å². The van der Waals surface area contributed by atoms with Crippen LogP contribution in [0.2, 0.25) is 0 Å². The molecule has 2 amide bonds. The zero-order chi connectivity index (χ0) is 24.4. The number of hydrogen-bond donors (Lipinski definition) is 3. The van der Waals surface area contributed by atoms with Crippen LogP contribution >= 0.6 is 51.8 Å². The number of aliphatic carboxylic acids is 1. The van der Waals surface area contributed by atoms with E-state index in [2.05, 4.69) is 25.8 Å². The van der Waals surface area contributed by atoms with Gasteiger partial charge in [0.2, 0.25) is 11.1 Å². The van der Waals surface area contributed by atoms with E-state index in [-0.39, 0.29) is 35.0 Å². The Morgan fingerprint density at radius 1 is 1.40 bits per heavy atom. The first-order valence-corrected chi connectivity index (χ1v) is 13.1. The summed E-state index contributed by atoms with van der Waals surface area (Å²) in [5.74, 6) is -1.24. The zero-order valence-corrected chi connectivity index (χ0v) is 22.9. The van der Waals surface area contributed by atoms with Gasteiger partial charge in [-0.2, -0.15) is 0 Å². The number of anilines is 1. The Morgan fingerprint density at radius 3 is 2.83 bits per heavy atom. The molecular formula is C18H24BrN9O4S3. The van der Waals surface area contributed by atoms with Crippen LogP contribution in [-0.2, 0) is 27.3 Å². The van der Waals surface area contributed by atoms with Gasteiger partial charge in [0.1, 0.15) is 17.1 Å². The fourth-order valence-electron chi connectivity index (χ4n) is 3.47. The molecule has 2 aliphatic rings. The van der Waals surface area contributed by atoms with Gasteiger partial charge in [-0.05, 0) is 30.1 Å². The van der Waals surface area contributed by atoms with Gasteiger partial charge < -0.3 is 21.1 Å². The number of fused-ring (bicyclic) bond motifs is 1. The Bertz CT molecular complexity index is 1140. The highest BCUT2D eigenvalue weighted by molar-refractivity contribution is 8.93. The molecule has 4 N–H and O–H groups in total. The molecule has 2 aromatic heterocycles. The van der Waals surface area contributed by atoms with Crippen molar-refractivity contribution in [3.05, 3.63) is 22.3 Å². The third kappa shape index (κ3) is 6.14. The van der Waals surface area contributed by atoms with E-state index in [1.165, 1.54) is 39.8 Å². The molecule has 0 saturated carbocycles. The summed E-state index contributed by atoms with van der Waals surface area (Å²) < 4.78 is 1.67. The smallest absolute Gasteiger partial charge is 0.352 e. The molecule has 2 aromatic rings. The minimum atomic E-state index is -1.18. The van der Waals surface area contributed by atoms with Crippen molar-refractivity contribution in [2.45, 2.75) is 29.5 Å². The van der Waals surface area contributed by atoms with Gasteiger partial charge in [-0.15, -0.1) is 45.2 Å². The molecule has 35 heavy (non-hydrogen) atoms. The molecule has 17 heteroatoms. The second-order valence-electron chi connectivity index (χ2n) is 7.84. The van der Waals surface area contributed by atoms with Crippen LogP contribution in [0.15, 0.2) is 21.8 Å². The molecule has 1 fully saturated rings. The van der Waals surface area contributed by atoms with Crippen LogP contribution in [0, 0.1) is 0 Å². The lowest BCUT2D eigenvalue weighted by molar-refractivity contribution is -0.150. The van der Waals surface area contributed by atoms with E-state index < -0.39 is 23.3 Å². The number of thiazole rings is 1. The number of carboxylic acids is 1. The van der Waals surface area contributed by atoms with Crippen molar-refractivity contribution in [1.82, 2.24) is 40.3 Å². The highest BCUT2D eigenvalue weighted by atomic mass is 79.9. The highest BCUT2D eigenvalue weighted by Gasteiger charge is 2.54. The average Bonchev–Trinajstić information content (AvgIpc) is 3.41. The number of amides is 2. The standard InChI is InChI=1S/C18H23N9O4S3.BrH/c1-25(2)3-4-26-18(22-23-24-26)34-7-9-6-32-15-12(14(29)27(15)13(9)16(30)31)21-11(28)5-10-8-33-17(19)20-10;/h8,12,15H,3-7H2,1-2H3,(H2,19,20)(H,21,28)(H,30,31);1H/t12-,15-;/m1./s1. The molecule has 0 spiro atoms. The van der Waals surface area contributed by atoms with Gasteiger partial charge in [0.15, 0.2) is 5.13 Å². The molecular weight excluding hydrogens is 582 g/mol. The van der Waals surface area contributed by atoms with Crippen molar-refractivity contribution in [3.8, 4) is 0 Å². The van der Waals surface area contributed by atoms with Gasteiger partial charge >= 0.3 is 5.97 Å². The van der Waals surface area contributed by atoms with Crippen LogP contribution in [0.4, 0.5) is 5.13 Å². The molecule has 4 heterocycles. The number of nitrogens with zero attached hydrogens (tertiary/aromatic N) is 7. The molecule has 1 saturated heterocycles. The molecule has 190 valence electrons. The van der Waals surface area contributed by atoms with Crippen LogP contribution in [-0.4, -0.2) is 101 Å². The number of β-lactam (4-membered cyclic amide) rings is 1. The van der Waals surface area contributed by atoms with Crippen LogP contribution < -0.4 is 11.1 Å². The lowest BCUT2D eigenvalue weighted by Gasteiger charge is -2.49. The number of nitrogens with two attached hydrogens (primary N) is 1. The van der Waals surface area contributed by atoms with Gasteiger partial charge in [0.25, 0.3) is 5.91 Å². The minimum absolute atomic E-state index is 0. The number of likely N-dealkylation sites (N-methyl/N-ethyl adjacent to an activating group) is 1. The van der Waals surface area contributed by atoms with Crippen molar-refractivity contribution in [1.29, 1.82) is 0 Å². The fourth-order valence-corrected chi connectivity index (χ4v) is 6.42. The highest BCUT2D eigenvalue weighted by Crippen LogP contribution is 2.41. The molecule has 13 nitrogen and oxygen atoms in total. The summed E-state index contributed by atoms with van der Waals surface area (Å²) in [5.41, 5.74) is 6.68. The predicted octanol–water partition coefficient (Wildman–Crippen LogP) is -0.0753. The van der Waals surface area contributed by atoms with Crippen LogP contribution in [0.3, 0.4) is 0 Å². The van der Waals surface area contributed by atoms with Gasteiger partial charge in [-0.1, -0.05) is 11.8 Å². The van der Waals surface area contributed by atoms with Crippen LogP contribution in [0.5, 0.6) is 0 Å². The summed E-state index contributed by atoms with van der Waals surface area (Å²) in [6.07, 6.45) is 0.000917. The number of hydrogen-bond acceptors (Lipinski definition) is 12. The van der Waals surface area contributed by atoms with Crippen molar-refractivity contribution in [2.75, 3.05) is 37.9 Å². The summed E-state index contributed by atoms with van der Waals surface area (Å²) in [6.45, 7) is 1.36. The van der Waals surface area contributed by atoms with E-state index in [0.29, 0.717) is 39.6 Å². The summed E-state index contributed by atoms with van der Waals surface area (Å²) in [7, 11) is 3.90. The van der Waals surface area contributed by atoms with E-state index in [0.717, 1.165) is 6.54 Å². The number of thioether (sulfide) groups is 2. The van der Waals surface area contributed by atoms with Gasteiger partial charge in [-0.3, -0.25) is 14.5 Å². The summed E-state index contributed by atoms with van der Waals surface area (Å²) in [5, 5.41) is 26.4. The van der Waals surface area contributed by atoms with Crippen molar-refractivity contribution < 1.29 is 19.5 Å². The largest absolute Gasteiger partial charge is 0.477 e. The number of nitrogen functional groups attached to an aromatic ring is 1. The Hall–Kier alpha value is -2.21. The predicted molar refractivity (Wildman–Crippen MR) is 137 cm³/mol. The van der Waals surface area contributed by atoms with Gasteiger partial charge in [0, 0.05) is 23.4 Å². The number of carbonyl (C=O) groups is 3. The maximum Gasteiger partial charge on any atom is 0.352 e. The first-order chi connectivity index (χ1) is 16.2.